The molecule has 3 N–H and O–H groups in total. The molecule has 0 saturated carbocycles. The molecule has 1 aliphatic heterocycles. The number of rotatable bonds is 3. The first-order valence-corrected chi connectivity index (χ1v) is 7.06. The van der Waals surface area contributed by atoms with Crippen LogP contribution in [0.15, 0.2) is 24.3 Å². The summed E-state index contributed by atoms with van der Waals surface area (Å²) in [7, 11) is 0. The van der Waals surface area contributed by atoms with Crippen molar-refractivity contribution in [3.63, 3.8) is 0 Å². The second kappa shape index (κ2) is 7.35. The van der Waals surface area contributed by atoms with Gasteiger partial charge < -0.3 is 20.7 Å². The number of benzene rings is 1. The Balaban J connectivity index is 1.83. The summed E-state index contributed by atoms with van der Waals surface area (Å²) >= 11 is 0. The van der Waals surface area contributed by atoms with Gasteiger partial charge >= 0.3 is 12.4 Å². The number of hydrogen-bond donors (Lipinski definition) is 3. The summed E-state index contributed by atoms with van der Waals surface area (Å²) in [4.78, 5) is 11.8. The summed E-state index contributed by atoms with van der Waals surface area (Å²) in [5.74, 6) is -0.327. The van der Waals surface area contributed by atoms with Gasteiger partial charge in [-0.25, -0.2) is 4.79 Å². The summed E-state index contributed by atoms with van der Waals surface area (Å²) in [5.41, 5.74) is 0.397. The lowest BCUT2D eigenvalue weighted by Crippen LogP contribution is -2.42. The number of carbonyl (C=O) groups is 1. The molecule has 5 nitrogen and oxygen atoms in total. The van der Waals surface area contributed by atoms with E-state index in [9.17, 15) is 18.0 Å². The van der Waals surface area contributed by atoms with Crippen molar-refractivity contribution < 1.29 is 22.7 Å². The summed E-state index contributed by atoms with van der Waals surface area (Å²) in [6, 6.07) is 4.68. The van der Waals surface area contributed by atoms with Gasteiger partial charge in [-0.1, -0.05) is 6.42 Å². The molecular formula is C14H18F3N3O2. The van der Waals surface area contributed by atoms with Crippen molar-refractivity contribution in [2.24, 2.45) is 0 Å². The van der Waals surface area contributed by atoms with Gasteiger partial charge in [0.2, 0.25) is 0 Å². The molecule has 1 aliphatic rings. The number of alkyl halides is 3. The number of ether oxygens (including phenoxy) is 1. The molecule has 8 heteroatoms. The Morgan fingerprint density at radius 3 is 2.64 bits per heavy atom. The van der Waals surface area contributed by atoms with Crippen LogP contribution in [0, 0.1) is 0 Å². The zero-order valence-electron chi connectivity index (χ0n) is 11.9. The van der Waals surface area contributed by atoms with Crippen LogP contribution in [0.1, 0.15) is 19.3 Å². The first kappa shape index (κ1) is 16.4. The van der Waals surface area contributed by atoms with E-state index in [0.717, 1.165) is 37.9 Å². The fourth-order valence-corrected chi connectivity index (χ4v) is 2.23. The van der Waals surface area contributed by atoms with E-state index in [1.807, 2.05) is 0 Å². The normalized spacial score (nSPS) is 19.1. The van der Waals surface area contributed by atoms with Crippen molar-refractivity contribution in [2.45, 2.75) is 31.7 Å². The smallest absolute Gasteiger partial charge is 0.406 e. The average Bonchev–Trinajstić information content (AvgIpc) is 2.68. The maximum absolute atomic E-state index is 12.0. The van der Waals surface area contributed by atoms with Crippen molar-refractivity contribution in [3.05, 3.63) is 24.3 Å². The molecule has 1 heterocycles. The Hall–Kier alpha value is -1.96. The Bertz CT molecular complexity index is 483. The van der Waals surface area contributed by atoms with Crippen LogP contribution in [0.2, 0.25) is 0 Å². The van der Waals surface area contributed by atoms with E-state index < -0.39 is 6.36 Å². The quantitative estimate of drug-likeness (QED) is 0.803. The SMILES string of the molecule is O=C(Nc1ccc(OC(F)(F)F)cc1)NC1CCCCNC1. The number of hydrogen-bond acceptors (Lipinski definition) is 3. The molecule has 1 aromatic carbocycles. The molecule has 22 heavy (non-hydrogen) atoms. The third-order valence-electron chi connectivity index (χ3n) is 3.23. The predicted octanol–water partition coefficient (Wildman–Crippen LogP) is 2.85. The number of urea groups is 1. The van der Waals surface area contributed by atoms with E-state index in [1.54, 1.807) is 0 Å². The minimum Gasteiger partial charge on any atom is -0.406 e. The second-order valence-electron chi connectivity index (χ2n) is 5.07. The molecule has 1 aromatic rings. The highest BCUT2D eigenvalue weighted by Gasteiger charge is 2.30. The van der Waals surface area contributed by atoms with Crippen LogP contribution >= 0.6 is 0 Å². The summed E-state index contributed by atoms with van der Waals surface area (Å²) in [6.07, 6.45) is -1.69. The number of amides is 2. The molecule has 1 atom stereocenters. The molecular weight excluding hydrogens is 299 g/mol. The zero-order valence-corrected chi connectivity index (χ0v) is 11.9. The van der Waals surface area contributed by atoms with Crippen molar-refractivity contribution >= 4 is 11.7 Å². The summed E-state index contributed by atoms with van der Waals surface area (Å²) < 4.78 is 39.9. The van der Waals surface area contributed by atoms with E-state index in [-0.39, 0.29) is 17.8 Å². The van der Waals surface area contributed by atoms with Crippen molar-refractivity contribution in [1.82, 2.24) is 10.6 Å². The van der Waals surface area contributed by atoms with Crippen LogP contribution in [0.4, 0.5) is 23.7 Å². The third kappa shape index (κ3) is 5.80. The number of anilines is 1. The van der Waals surface area contributed by atoms with Crippen LogP contribution in [0.25, 0.3) is 0 Å². The summed E-state index contributed by atoms with van der Waals surface area (Å²) in [5, 5.41) is 8.65. The fourth-order valence-electron chi connectivity index (χ4n) is 2.23. The summed E-state index contributed by atoms with van der Waals surface area (Å²) in [6.45, 7) is 1.66. The molecule has 0 radical (unpaired) electrons. The monoisotopic (exact) mass is 317 g/mol. The lowest BCUT2D eigenvalue weighted by atomic mass is 10.1. The highest BCUT2D eigenvalue weighted by atomic mass is 19.4. The Labute approximate surface area is 126 Å². The molecule has 0 spiro atoms. The first-order valence-electron chi connectivity index (χ1n) is 7.06. The van der Waals surface area contributed by atoms with Crippen molar-refractivity contribution in [3.8, 4) is 5.75 Å². The molecule has 2 amide bonds. The third-order valence-corrected chi connectivity index (χ3v) is 3.23. The van der Waals surface area contributed by atoms with Crippen LogP contribution in [-0.2, 0) is 0 Å². The largest absolute Gasteiger partial charge is 0.573 e. The minimum atomic E-state index is -4.72. The Morgan fingerprint density at radius 1 is 1.23 bits per heavy atom. The molecule has 0 bridgehead atoms. The lowest BCUT2D eigenvalue weighted by molar-refractivity contribution is -0.274. The molecule has 1 unspecified atom stereocenters. The van der Waals surface area contributed by atoms with Gasteiger partial charge in [0, 0.05) is 18.3 Å². The van der Waals surface area contributed by atoms with Crippen LogP contribution in [0.3, 0.4) is 0 Å². The molecule has 0 aliphatic carbocycles. The van der Waals surface area contributed by atoms with Gasteiger partial charge in [-0.15, -0.1) is 13.2 Å². The van der Waals surface area contributed by atoms with Gasteiger partial charge in [-0.3, -0.25) is 0 Å². The molecule has 1 saturated heterocycles. The maximum Gasteiger partial charge on any atom is 0.573 e. The van der Waals surface area contributed by atoms with Gasteiger partial charge in [0.15, 0.2) is 0 Å². The minimum absolute atomic E-state index is 0.0512. The predicted molar refractivity (Wildman–Crippen MR) is 75.8 cm³/mol. The average molecular weight is 317 g/mol. The number of nitrogens with one attached hydrogen (secondary N) is 3. The zero-order chi connectivity index (χ0) is 16.0. The van der Waals surface area contributed by atoms with Crippen LogP contribution < -0.4 is 20.7 Å². The number of halogens is 3. The molecule has 1 fully saturated rings. The van der Waals surface area contributed by atoms with Gasteiger partial charge in [0.05, 0.1) is 0 Å². The van der Waals surface area contributed by atoms with E-state index in [2.05, 4.69) is 20.7 Å². The number of carbonyl (C=O) groups excluding carboxylic acids is 1. The molecule has 2 rings (SSSR count). The van der Waals surface area contributed by atoms with Gasteiger partial charge in [-0.2, -0.15) is 0 Å². The van der Waals surface area contributed by atoms with Gasteiger partial charge in [0.25, 0.3) is 0 Å². The van der Waals surface area contributed by atoms with Gasteiger partial charge in [-0.05, 0) is 43.7 Å². The van der Waals surface area contributed by atoms with Crippen LogP contribution in [-0.4, -0.2) is 31.5 Å². The Kier molecular flexibility index (Phi) is 5.48. The first-order chi connectivity index (χ1) is 10.4. The second-order valence-corrected chi connectivity index (χ2v) is 5.07. The highest BCUT2D eigenvalue weighted by molar-refractivity contribution is 5.89. The van der Waals surface area contributed by atoms with Crippen LogP contribution in [0.5, 0.6) is 5.75 Å². The van der Waals surface area contributed by atoms with Gasteiger partial charge in [0.1, 0.15) is 5.75 Å². The van der Waals surface area contributed by atoms with E-state index in [4.69, 9.17) is 0 Å². The van der Waals surface area contributed by atoms with Crippen molar-refractivity contribution in [1.29, 1.82) is 0 Å². The molecule has 122 valence electrons. The lowest BCUT2D eigenvalue weighted by Gasteiger charge is -2.17. The van der Waals surface area contributed by atoms with E-state index in [1.165, 1.54) is 12.1 Å². The topological polar surface area (TPSA) is 62.4 Å². The Morgan fingerprint density at radius 2 is 1.95 bits per heavy atom. The standard InChI is InChI=1S/C14H18F3N3O2/c15-14(16,17)22-12-6-4-10(5-7-12)19-13(21)20-11-3-1-2-8-18-9-11/h4-7,11,18H,1-3,8-9H2,(H2,19,20,21). The maximum atomic E-state index is 12.0. The van der Waals surface area contributed by atoms with E-state index in [0.29, 0.717) is 12.2 Å². The van der Waals surface area contributed by atoms with E-state index >= 15 is 0 Å². The molecule has 0 aromatic heterocycles. The fraction of sp³-hybridized carbons (Fsp3) is 0.500. The van der Waals surface area contributed by atoms with Crippen molar-refractivity contribution in [2.75, 3.05) is 18.4 Å². The highest BCUT2D eigenvalue weighted by Crippen LogP contribution is 2.23.